The first-order valence-electron chi connectivity index (χ1n) is 14.0. The van der Waals surface area contributed by atoms with E-state index in [0.717, 1.165) is 41.3 Å². The second-order valence-corrected chi connectivity index (χ2v) is 11.6. The molecule has 4 rings (SSSR count). The van der Waals surface area contributed by atoms with Gasteiger partial charge < -0.3 is 15.0 Å². The molecule has 6 heteroatoms. The first-order valence-corrected chi connectivity index (χ1v) is 14.8. The highest BCUT2D eigenvalue weighted by atomic mass is 79.9. The minimum atomic E-state index is -0.655. The molecule has 1 aliphatic rings. The minimum absolute atomic E-state index is 0.0995. The lowest BCUT2D eigenvalue weighted by Gasteiger charge is -2.33. The number of hydrogen-bond donors (Lipinski definition) is 1. The molecular formula is C33H39BrN2O3. The van der Waals surface area contributed by atoms with Gasteiger partial charge in [-0.3, -0.25) is 9.59 Å². The third-order valence-electron chi connectivity index (χ3n) is 7.40. The molecule has 206 valence electrons. The Balaban J connectivity index is 1.58. The largest absolute Gasteiger partial charge is 0.484 e. The van der Waals surface area contributed by atoms with E-state index in [1.165, 1.54) is 12.0 Å². The third-order valence-corrected chi connectivity index (χ3v) is 7.93. The van der Waals surface area contributed by atoms with Gasteiger partial charge in [0.1, 0.15) is 11.8 Å². The summed E-state index contributed by atoms with van der Waals surface area (Å²) in [6, 6.07) is 25.2. The van der Waals surface area contributed by atoms with Crippen molar-refractivity contribution in [3.63, 3.8) is 0 Å². The molecule has 2 amide bonds. The van der Waals surface area contributed by atoms with E-state index in [-0.39, 0.29) is 24.5 Å². The average molecular weight is 592 g/mol. The number of rotatable bonds is 11. The predicted octanol–water partition coefficient (Wildman–Crippen LogP) is 7.04. The number of hydrogen-bond acceptors (Lipinski definition) is 3. The molecule has 0 bridgehead atoms. The molecule has 1 aliphatic carbocycles. The summed E-state index contributed by atoms with van der Waals surface area (Å²) < 4.78 is 6.91. The SMILES string of the molecule is CC(C)c1ccc(OCC(=O)N(Cc2ccc(Br)cc2)[C@H](Cc2ccccc2)C(=O)NC2CCCCC2)cc1. The van der Waals surface area contributed by atoms with Crippen molar-refractivity contribution in [2.24, 2.45) is 0 Å². The number of benzene rings is 3. The number of nitrogens with one attached hydrogen (secondary N) is 1. The highest BCUT2D eigenvalue weighted by molar-refractivity contribution is 9.10. The molecule has 3 aromatic carbocycles. The van der Waals surface area contributed by atoms with Gasteiger partial charge in [-0.15, -0.1) is 0 Å². The van der Waals surface area contributed by atoms with Crippen LogP contribution in [0.1, 0.15) is 68.6 Å². The number of halogens is 1. The zero-order valence-electron chi connectivity index (χ0n) is 22.9. The van der Waals surface area contributed by atoms with Gasteiger partial charge in [0.25, 0.3) is 5.91 Å². The Hall–Kier alpha value is -3.12. The van der Waals surface area contributed by atoms with E-state index in [2.05, 4.69) is 35.1 Å². The lowest BCUT2D eigenvalue weighted by atomic mass is 9.94. The summed E-state index contributed by atoms with van der Waals surface area (Å²) in [7, 11) is 0. The van der Waals surface area contributed by atoms with Crippen LogP contribution in [0.3, 0.4) is 0 Å². The monoisotopic (exact) mass is 590 g/mol. The van der Waals surface area contributed by atoms with Gasteiger partial charge in [-0.1, -0.05) is 104 Å². The van der Waals surface area contributed by atoms with Gasteiger partial charge in [0.15, 0.2) is 6.61 Å². The lowest BCUT2D eigenvalue weighted by molar-refractivity contribution is -0.143. The lowest BCUT2D eigenvalue weighted by Crippen LogP contribution is -2.53. The minimum Gasteiger partial charge on any atom is -0.484 e. The molecule has 1 N–H and O–H groups in total. The van der Waals surface area contributed by atoms with Crippen LogP contribution >= 0.6 is 15.9 Å². The smallest absolute Gasteiger partial charge is 0.261 e. The zero-order valence-corrected chi connectivity index (χ0v) is 24.5. The number of ether oxygens (including phenoxy) is 1. The van der Waals surface area contributed by atoms with Crippen molar-refractivity contribution < 1.29 is 14.3 Å². The van der Waals surface area contributed by atoms with Crippen molar-refractivity contribution in [2.45, 2.75) is 76.9 Å². The van der Waals surface area contributed by atoms with Crippen molar-refractivity contribution in [2.75, 3.05) is 6.61 Å². The van der Waals surface area contributed by atoms with Crippen molar-refractivity contribution in [3.05, 3.63) is 100 Å². The number of nitrogens with zero attached hydrogens (tertiary/aromatic N) is 1. The molecule has 0 spiro atoms. The first-order chi connectivity index (χ1) is 18.9. The van der Waals surface area contributed by atoms with Crippen molar-refractivity contribution in [1.29, 1.82) is 0 Å². The number of amides is 2. The molecular weight excluding hydrogens is 552 g/mol. The van der Waals surface area contributed by atoms with Crippen LogP contribution in [0.2, 0.25) is 0 Å². The topological polar surface area (TPSA) is 58.6 Å². The van der Waals surface area contributed by atoms with Gasteiger partial charge in [-0.25, -0.2) is 0 Å². The van der Waals surface area contributed by atoms with E-state index < -0.39 is 6.04 Å². The van der Waals surface area contributed by atoms with Crippen LogP contribution in [0.4, 0.5) is 0 Å². The van der Waals surface area contributed by atoms with E-state index in [0.29, 0.717) is 24.6 Å². The van der Waals surface area contributed by atoms with E-state index in [1.54, 1.807) is 4.90 Å². The molecule has 3 aromatic rings. The average Bonchev–Trinajstić information content (AvgIpc) is 2.96. The molecule has 1 fully saturated rings. The van der Waals surface area contributed by atoms with Gasteiger partial charge in [-0.05, 0) is 59.7 Å². The number of carbonyl (C=O) groups excluding carboxylic acids is 2. The molecule has 1 atom stereocenters. The van der Waals surface area contributed by atoms with Crippen LogP contribution in [0.15, 0.2) is 83.3 Å². The van der Waals surface area contributed by atoms with Crippen molar-refractivity contribution in [1.82, 2.24) is 10.2 Å². The molecule has 0 aromatic heterocycles. The quantitative estimate of drug-likeness (QED) is 0.260. The van der Waals surface area contributed by atoms with Crippen LogP contribution in [-0.4, -0.2) is 35.4 Å². The molecule has 0 radical (unpaired) electrons. The van der Waals surface area contributed by atoms with Gasteiger partial charge in [0.2, 0.25) is 5.91 Å². The van der Waals surface area contributed by atoms with Crippen LogP contribution in [0.5, 0.6) is 5.75 Å². The Kier molecular flexibility index (Phi) is 10.6. The highest BCUT2D eigenvalue weighted by Gasteiger charge is 2.32. The van der Waals surface area contributed by atoms with E-state index >= 15 is 0 Å². The van der Waals surface area contributed by atoms with E-state index in [1.807, 2.05) is 78.9 Å². The standard InChI is InChI=1S/C33H39BrN2O3/c1-24(2)27-15-19-30(20-16-27)39-23-32(37)36(22-26-13-17-28(34)18-14-26)31(21-25-9-5-3-6-10-25)33(38)35-29-11-7-4-8-12-29/h3,5-6,9-10,13-20,24,29,31H,4,7-8,11-12,21-23H2,1-2H3,(H,35,38)/t31-/m1/s1. The summed E-state index contributed by atoms with van der Waals surface area (Å²) in [5.74, 6) is 0.745. The van der Waals surface area contributed by atoms with Crippen molar-refractivity contribution in [3.8, 4) is 5.75 Å². The van der Waals surface area contributed by atoms with Gasteiger partial charge in [0.05, 0.1) is 0 Å². The van der Waals surface area contributed by atoms with Crippen LogP contribution < -0.4 is 10.1 Å². The maximum atomic E-state index is 13.8. The van der Waals surface area contributed by atoms with Crippen LogP contribution in [-0.2, 0) is 22.6 Å². The van der Waals surface area contributed by atoms with E-state index in [4.69, 9.17) is 4.74 Å². The maximum Gasteiger partial charge on any atom is 0.261 e. The Morgan fingerprint density at radius 3 is 2.21 bits per heavy atom. The van der Waals surface area contributed by atoms with Crippen molar-refractivity contribution >= 4 is 27.7 Å². The molecule has 0 saturated heterocycles. The molecule has 5 nitrogen and oxygen atoms in total. The predicted molar refractivity (Wildman–Crippen MR) is 160 cm³/mol. The summed E-state index contributed by atoms with van der Waals surface area (Å²) in [6.45, 7) is 4.46. The molecule has 39 heavy (non-hydrogen) atoms. The third kappa shape index (κ3) is 8.69. The summed E-state index contributed by atoms with van der Waals surface area (Å²) in [5, 5.41) is 3.28. The second kappa shape index (κ2) is 14.3. The molecule has 0 aliphatic heterocycles. The second-order valence-electron chi connectivity index (χ2n) is 10.7. The Morgan fingerprint density at radius 1 is 0.897 bits per heavy atom. The Morgan fingerprint density at radius 2 is 1.56 bits per heavy atom. The van der Waals surface area contributed by atoms with Gasteiger partial charge >= 0.3 is 0 Å². The summed E-state index contributed by atoms with van der Waals surface area (Å²) in [4.78, 5) is 29.3. The summed E-state index contributed by atoms with van der Waals surface area (Å²) >= 11 is 3.49. The maximum absolute atomic E-state index is 13.8. The number of carbonyl (C=O) groups is 2. The van der Waals surface area contributed by atoms with Crippen LogP contribution in [0.25, 0.3) is 0 Å². The van der Waals surface area contributed by atoms with Gasteiger partial charge in [0, 0.05) is 23.5 Å². The molecule has 1 saturated carbocycles. The normalized spacial score (nSPS) is 14.6. The fourth-order valence-corrected chi connectivity index (χ4v) is 5.33. The summed E-state index contributed by atoms with van der Waals surface area (Å²) in [6.07, 6.45) is 5.87. The first kappa shape index (κ1) is 28.9. The molecule has 0 heterocycles. The fraction of sp³-hybridized carbons (Fsp3) is 0.394. The van der Waals surface area contributed by atoms with E-state index in [9.17, 15) is 9.59 Å². The Bertz CT molecular complexity index is 1190. The zero-order chi connectivity index (χ0) is 27.6. The van der Waals surface area contributed by atoms with Gasteiger partial charge in [-0.2, -0.15) is 0 Å². The highest BCUT2D eigenvalue weighted by Crippen LogP contribution is 2.22. The summed E-state index contributed by atoms with van der Waals surface area (Å²) in [5.41, 5.74) is 3.18. The molecule has 0 unspecified atom stereocenters. The van der Waals surface area contributed by atoms with Crippen LogP contribution in [0, 0.1) is 0 Å². The fourth-order valence-electron chi connectivity index (χ4n) is 5.06. The Labute approximate surface area is 241 Å².